The molecule has 0 amide bonds. The molecule has 0 aliphatic carbocycles. The Morgan fingerprint density at radius 2 is 2.11 bits per heavy atom. The Hall–Kier alpha value is -1.10. The number of rotatable bonds is 9. The van der Waals surface area contributed by atoms with Crippen molar-refractivity contribution in [3.05, 3.63) is 29.8 Å². The Labute approximate surface area is 115 Å². The molecule has 0 aromatic heterocycles. The molecule has 0 aliphatic heterocycles. The third kappa shape index (κ3) is 7.15. The summed E-state index contributed by atoms with van der Waals surface area (Å²) in [7, 11) is 0. The molecular formula is C15H25NO3. The minimum atomic E-state index is -0.475. The van der Waals surface area contributed by atoms with Crippen LogP contribution in [0.15, 0.2) is 24.3 Å². The molecule has 1 aromatic carbocycles. The second kappa shape index (κ2) is 8.91. The second-order valence-electron chi connectivity index (χ2n) is 4.75. The molecule has 2 N–H and O–H groups in total. The lowest BCUT2D eigenvalue weighted by atomic mass is 10.2. The van der Waals surface area contributed by atoms with Gasteiger partial charge in [0.25, 0.3) is 0 Å². The van der Waals surface area contributed by atoms with Gasteiger partial charge >= 0.3 is 0 Å². The quantitative estimate of drug-likeness (QED) is 0.718. The maximum atomic E-state index is 9.70. The molecular weight excluding hydrogens is 242 g/mol. The smallest absolute Gasteiger partial charge is 0.119 e. The molecule has 1 atom stereocenters. The third-order valence-electron chi connectivity index (χ3n) is 2.54. The van der Waals surface area contributed by atoms with Gasteiger partial charge in [0.1, 0.15) is 5.75 Å². The maximum absolute atomic E-state index is 9.70. The molecule has 0 bridgehead atoms. The summed E-state index contributed by atoms with van der Waals surface area (Å²) in [6.07, 6.45) is -0.324. The number of benzene rings is 1. The van der Waals surface area contributed by atoms with Crippen LogP contribution in [0.5, 0.6) is 5.75 Å². The third-order valence-corrected chi connectivity index (χ3v) is 2.54. The van der Waals surface area contributed by atoms with Gasteiger partial charge in [0, 0.05) is 13.1 Å². The van der Waals surface area contributed by atoms with E-state index in [4.69, 9.17) is 9.47 Å². The first kappa shape index (κ1) is 16.0. The number of hydrogen-bond acceptors (Lipinski definition) is 4. The van der Waals surface area contributed by atoms with Crippen molar-refractivity contribution in [3.8, 4) is 5.75 Å². The van der Waals surface area contributed by atoms with Gasteiger partial charge in [-0.3, -0.25) is 0 Å². The van der Waals surface area contributed by atoms with Gasteiger partial charge in [-0.15, -0.1) is 0 Å². The highest BCUT2D eigenvalue weighted by molar-refractivity contribution is 5.28. The van der Waals surface area contributed by atoms with E-state index in [1.54, 1.807) is 0 Å². The van der Waals surface area contributed by atoms with E-state index < -0.39 is 6.10 Å². The summed E-state index contributed by atoms with van der Waals surface area (Å²) in [5, 5.41) is 12.9. The average molecular weight is 267 g/mol. The minimum Gasteiger partial charge on any atom is -0.494 e. The van der Waals surface area contributed by atoms with Crippen molar-refractivity contribution < 1.29 is 14.6 Å². The van der Waals surface area contributed by atoms with E-state index in [1.807, 2.05) is 45.0 Å². The van der Waals surface area contributed by atoms with Crippen LogP contribution in [0.4, 0.5) is 0 Å². The summed E-state index contributed by atoms with van der Waals surface area (Å²) in [6, 6.07) is 7.96. The monoisotopic (exact) mass is 267 g/mol. The van der Waals surface area contributed by atoms with E-state index in [1.165, 1.54) is 0 Å². The Bertz CT molecular complexity index is 355. The normalized spacial score (nSPS) is 12.7. The van der Waals surface area contributed by atoms with E-state index in [-0.39, 0.29) is 6.10 Å². The van der Waals surface area contributed by atoms with Crippen LogP contribution in [0.2, 0.25) is 0 Å². The lowest BCUT2D eigenvalue weighted by Gasteiger charge is -2.14. The molecule has 4 nitrogen and oxygen atoms in total. The molecule has 1 unspecified atom stereocenters. The summed E-state index contributed by atoms with van der Waals surface area (Å²) >= 11 is 0. The van der Waals surface area contributed by atoms with Crippen molar-refractivity contribution in [3.63, 3.8) is 0 Å². The zero-order chi connectivity index (χ0) is 14.1. The highest BCUT2D eigenvalue weighted by Crippen LogP contribution is 2.12. The summed E-state index contributed by atoms with van der Waals surface area (Å²) in [5.74, 6) is 0.880. The fraction of sp³-hybridized carbons (Fsp3) is 0.600. The zero-order valence-electron chi connectivity index (χ0n) is 12.1. The number of ether oxygens (including phenoxy) is 2. The van der Waals surface area contributed by atoms with Crippen molar-refractivity contribution in [2.24, 2.45) is 0 Å². The number of nitrogens with one attached hydrogen (secondary N) is 1. The van der Waals surface area contributed by atoms with Crippen LogP contribution in [0.1, 0.15) is 26.3 Å². The van der Waals surface area contributed by atoms with Crippen molar-refractivity contribution >= 4 is 0 Å². The van der Waals surface area contributed by atoms with Gasteiger partial charge in [-0.05, 0) is 38.5 Å². The molecule has 4 heteroatoms. The van der Waals surface area contributed by atoms with Crippen LogP contribution < -0.4 is 10.1 Å². The standard InChI is InChI=1S/C15H25NO3/c1-4-18-15-7-5-6-13(8-15)9-16-10-14(17)11-19-12(2)3/h5-8,12,14,16-17H,4,9-11H2,1-3H3. The maximum Gasteiger partial charge on any atom is 0.119 e. The van der Waals surface area contributed by atoms with Gasteiger partial charge in [-0.1, -0.05) is 12.1 Å². The molecule has 1 rings (SSSR count). The van der Waals surface area contributed by atoms with Crippen LogP contribution >= 0.6 is 0 Å². The van der Waals surface area contributed by atoms with Crippen molar-refractivity contribution in [1.29, 1.82) is 0 Å². The molecule has 0 radical (unpaired) electrons. The van der Waals surface area contributed by atoms with Crippen LogP contribution in [0, 0.1) is 0 Å². The highest BCUT2D eigenvalue weighted by atomic mass is 16.5. The van der Waals surface area contributed by atoms with Gasteiger partial charge in [0.05, 0.1) is 25.4 Å². The minimum absolute atomic E-state index is 0.150. The van der Waals surface area contributed by atoms with Gasteiger partial charge in [0.2, 0.25) is 0 Å². The van der Waals surface area contributed by atoms with Crippen molar-refractivity contribution in [2.75, 3.05) is 19.8 Å². The highest BCUT2D eigenvalue weighted by Gasteiger charge is 2.05. The number of hydrogen-bond donors (Lipinski definition) is 2. The van der Waals surface area contributed by atoms with E-state index in [9.17, 15) is 5.11 Å². The summed E-state index contributed by atoms with van der Waals surface area (Å²) < 4.78 is 10.8. The zero-order valence-corrected chi connectivity index (χ0v) is 12.1. The largest absolute Gasteiger partial charge is 0.494 e. The molecule has 108 valence electrons. The van der Waals surface area contributed by atoms with Crippen LogP contribution in [-0.2, 0) is 11.3 Å². The van der Waals surface area contributed by atoms with E-state index >= 15 is 0 Å². The number of aliphatic hydroxyl groups excluding tert-OH is 1. The van der Waals surface area contributed by atoms with Crippen molar-refractivity contribution in [1.82, 2.24) is 5.32 Å². The molecule has 0 spiro atoms. The topological polar surface area (TPSA) is 50.7 Å². The number of aliphatic hydroxyl groups is 1. The molecule has 0 saturated heterocycles. The Morgan fingerprint density at radius 1 is 1.32 bits per heavy atom. The van der Waals surface area contributed by atoms with Gasteiger partial charge < -0.3 is 19.9 Å². The molecule has 0 fully saturated rings. The van der Waals surface area contributed by atoms with Crippen molar-refractivity contribution in [2.45, 2.75) is 39.5 Å². The van der Waals surface area contributed by atoms with Gasteiger partial charge in [0.15, 0.2) is 0 Å². The van der Waals surface area contributed by atoms with E-state index in [2.05, 4.69) is 5.32 Å². The fourth-order valence-corrected chi connectivity index (χ4v) is 1.66. The lowest BCUT2D eigenvalue weighted by Crippen LogP contribution is -2.31. The summed E-state index contributed by atoms with van der Waals surface area (Å²) in [4.78, 5) is 0. The molecule has 0 heterocycles. The lowest BCUT2D eigenvalue weighted by molar-refractivity contribution is 0.00630. The average Bonchev–Trinajstić information content (AvgIpc) is 2.37. The van der Waals surface area contributed by atoms with Crippen LogP contribution in [-0.4, -0.2) is 37.1 Å². The van der Waals surface area contributed by atoms with Crippen LogP contribution in [0.25, 0.3) is 0 Å². The summed E-state index contributed by atoms with van der Waals surface area (Å²) in [5.41, 5.74) is 1.14. The molecule has 1 aromatic rings. The Balaban J connectivity index is 2.26. The molecule has 0 aliphatic rings. The first-order chi connectivity index (χ1) is 9.11. The summed E-state index contributed by atoms with van der Waals surface area (Å²) in [6.45, 7) is 8.14. The van der Waals surface area contributed by atoms with Crippen LogP contribution in [0.3, 0.4) is 0 Å². The first-order valence-corrected chi connectivity index (χ1v) is 6.84. The van der Waals surface area contributed by atoms with Gasteiger partial charge in [-0.25, -0.2) is 0 Å². The predicted molar refractivity (Wildman–Crippen MR) is 76.4 cm³/mol. The Kier molecular flexibility index (Phi) is 7.48. The molecule has 0 saturated carbocycles. The molecule has 19 heavy (non-hydrogen) atoms. The first-order valence-electron chi connectivity index (χ1n) is 6.84. The van der Waals surface area contributed by atoms with E-state index in [0.717, 1.165) is 11.3 Å². The fourth-order valence-electron chi connectivity index (χ4n) is 1.66. The second-order valence-corrected chi connectivity index (χ2v) is 4.75. The van der Waals surface area contributed by atoms with E-state index in [0.29, 0.717) is 26.3 Å². The Morgan fingerprint density at radius 3 is 2.79 bits per heavy atom. The van der Waals surface area contributed by atoms with Gasteiger partial charge in [-0.2, -0.15) is 0 Å². The predicted octanol–water partition coefficient (Wildman–Crippen LogP) is 1.96. The SMILES string of the molecule is CCOc1cccc(CNCC(O)COC(C)C)c1.